The molecule has 2 saturated carbocycles. The van der Waals surface area contributed by atoms with Crippen LogP contribution in [0.5, 0.6) is 0 Å². The maximum atomic E-state index is 11.2. The first kappa shape index (κ1) is 33.9. The Labute approximate surface area is 235 Å². The first-order valence-electron chi connectivity index (χ1n) is 10.9. The normalized spacial score (nSPS) is 20.1. The van der Waals surface area contributed by atoms with Crippen molar-refractivity contribution < 1.29 is 62.0 Å². The SMILES string of the molecule is C=CC(=O)[O-].C=CC(=O)[O-].C=CC(=O)[O-].O=C([O-])C1CC2CC(Sc3ccc4ccccc4c3)C1C2.[Nb]. The van der Waals surface area contributed by atoms with E-state index in [0.717, 1.165) is 37.5 Å². The monoisotopic (exact) mass is 603 g/mol. The number of aliphatic carboxylic acids is 4. The molecule has 2 aliphatic carbocycles. The number of benzene rings is 2. The number of fused-ring (bicyclic) bond motifs is 3. The molecule has 4 unspecified atom stereocenters. The number of hydrogen-bond acceptors (Lipinski definition) is 9. The van der Waals surface area contributed by atoms with Crippen LogP contribution in [0.4, 0.5) is 0 Å². The molecule has 2 bridgehead atoms. The average molecular weight is 603 g/mol. The van der Waals surface area contributed by atoms with E-state index >= 15 is 0 Å². The van der Waals surface area contributed by atoms with Gasteiger partial charge in [-0.25, -0.2) is 0 Å². The minimum atomic E-state index is -1.23. The number of carbonyl (C=O) groups excluding carboxylic acids is 4. The zero-order chi connectivity index (χ0) is 27.3. The summed E-state index contributed by atoms with van der Waals surface area (Å²) < 4.78 is 0. The molecule has 0 aromatic heterocycles. The van der Waals surface area contributed by atoms with Crippen molar-refractivity contribution in [3.8, 4) is 0 Å². The molecule has 2 fully saturated rings. The van der Waals surface area contributed by atoms with E-state index in [0.29, 0.717) is 17.1 Å². The standard InChI is InChI=1S/C18H18O2S.3C3H4O2.Nb/c19-18(20)16-8-11-7-15(16)17(9-11)21-14-6-5-12-3-1-2-4-13(12)10-14;3*1-2-3(4)5;/h1-6,10-11,15-17H,7-9H2,(H,19,20);3*2H,1H2,(H,4,5);/p-4. The zero-order valence-corrected chi connectivity index (χ0v) is 23.0. The van der Waals surface area contributed by atoms with E-state index in [4.69, 9.17) is 29.7 Å². The predicted octanol–water partition coefficient (Wildman–Crippen LogP) is -0.139. The largest absolute Gasteiger partial charge is 0.550 e. The van der Waals surface area contributed by atoms with Gasteiger partial charge in [0.25, 0.3) is 0 Å². The number of thioether (sulfide) groups is 1. The van der Waals surface area contributed by atoms with Gasteiger partial charge in [0.15, 0.2) is 0 Å². The van der Waals surface area contributed by atoms with Gasteiger partial charge in [-0.1, -0.05) is 50.1 Å². The van der Waals surface area contributed by atoms with E-state index in [-0.39, 0.29) is 28.3 Å². The molecule has 0 spiro atoms. The van der Waals surface area contributed by atoms with Crippen molar-refractivity contribution in [1.29, 1.82) is 0 Å². The van der Waals surface area contributed by atoms with Gasteiger partial charge in [0.05, 0.1) is 17.9 Å². The average Bonchev–Trinajstić information content (AvgIpc) is 3.46. The molecule has 2 aromatic carbocycles. The van der Waals surface area contributed by atoms with Gasteiger partial charge in [0.2, 0.25) is 0 Å². The first-order chi connectivity index (χ1) is 17.0. The Morgan fingerprint density at radius 1 is 0.757 bits per heavy atom. The Bertz CT molecular complexity index is 1070. The maximum absolute atomic E-state index is 11.2. The van der Waals surface area contributed by atoms with Gasteiger partial charge in [-0.2, -0.15) is 0 Å². The van der Waals surface area contributed by atoms with Crippen molar-refractivity contribution in [2.24, 2.45) is 17.8 Å². The number of carboxylic acid groups (broad SMARTS) is 4. The minimum absolute atomic E-state index is 0. The van der Waals surface area contributed by atoms with Crippen LogP contribution >= 0.6 is 11.8 Å². The van der Waals surface area contributed by atoms with Crippen LogP contribution in [-0.4, -0.2) is 29.1 Å². The molecule has 0 heterocycles. The fraction of sp³-hybridized carbons (Fsp3) is 0.259. The molecule has 2 aromatic rings. The first-order valence-corrected chi connectivity index (χ1v) is 11.8. The second kappa shape index (κ2) is 17.4. The second-order valence-electron chi connectivity index (χ2n) is 7.90. The molecule has 10 heteroatoms. The van der Waals surface area contributed by atoms with Gasteiger partial charge in [-0.05, 0) is 72.2 Å². The molecule has 4 atom stereocenters. The summed E-state index contributed by atoms with van der Waals surface area (Å²) in [6, 6.07) is 14.9. The van der Waals surface area contributed by atoms with Crippen LogP contribution in [0.2, 0.25) is 0 Å². The van der Waals surface area contributed by atoms with Crippen LogP contribution in [0.3, 0.4) is 0 Å². The third-order valence-electron chi connectivity index (χ3n) is 5.56. The van der Waals surface area contributed by atoms with Crippen molar-refractivity contribution in [3.63, 3.8) is 0 Å². The molecule has 0 amide bonds. The van der Waals surface area contributed by atoms with E-state index in [2.05, 4.69) is 62.2 Å². The Hall–Kier alpha value is -3.11. The van der Waals surface area contributed by atoms with Crippen LogP contribution in [0.1, 0.15) is 19.3 Å². The van der Waals surface area contributed by atoms with E-state index in [9.17, 15) is 9.90 Å². The molecule has 0 aliphatic heterocycles. The van der Waals surface area contributed by atoms with Gasteiger partial charge in [-0.15, -0.1) is 11.8 Å². The van der Waals surface area contributed by atoms with Gasteiger partial charge in [0, 0.05) is 44.4 Å². The van der Waals surface area contributed by atoms with Crippen LogP contribution in [0.15, 0.2) is 85.3 Å². The molecule has 8 nitrogen and oxygen atoms in total. The van der Waals surface area contributed by atoms with Crippen LogP contribution in [-0.2, 0) is 41.6 Å². The smallest absolute Gasteiger partial charge is 0.0636 e. The number of carbonyl (C=O) groups is 4. The summed E-state index contributed by atoms with van der Waals surface area (Å²) in [5, 5.41) is 41.6. The summed E-state index contributed by atoms with van der Waals surface area (Å²) in [4.78, 5) is 39.9. The summed E-state index contributed by atoms with van der Waals surface area (Å²) >= 11 is 1.86. The number of carboxylic acids is 4. The maximum Gasteiger partial charge on any atom is 0.0636 e. The van der Waals surface area contributed by atoms with E-state index in [1.165, 1.54) is 15.7 Å². The molecule has 1 radical (unpaired) electrons. The zero-order valence-electron chi connectivity index (χ0n) is 19.9. The second-order valence-corrected chi connectivity index (χ2v) is 9.21. The molecular formula is C27H26NbO8S-4. The predicted molar refractivity (Wildman–Crippen MR) is 129 cm³/mol. The summed E-state index contributed by atoms with van der Waals surface area (Å²) in [6.45, 7) is 8.69. The van der Waals surface area contributed by atoms with Crippen molar-refractivity contribution in [2.75, 3.05) is 0 Å². The van der Waals surface area contributed by atoms with Crippen molar-refractivity contribution in [1.82, 2.24) is 0 Å². The Balaban J connectivity index is 0.000000675. The van der Waals surface area contributed by atoms with Crippen molar-refractivity contribution in [2.45, 2.75) is 29.4 Å². The van der Waals surface area contributed by atoms with Gasteiger partial charge in [-0.3, -0.25) is 0 Å². The summed E-state index contributed by atoms with van der Waals surface area (Å²) in [5.41, 5.74) is 0. The van der Waals surface area contributed by atoms with E-state index in [1.54, 1.807) is 0 Å². The van der Waals surface area contributed by atoms with Crippen LogP contribution in [0, 0.1) is 17.8 Å². The fourth-order valence-corrected chi connectivity index (χ4v) is 5.64. The third kappa shape index (κ3) is 12.1. The third-order valence-corrected chi connectivity index (χ3v) is 6.93. The fourth-order valence-electron chi connectivity index (χ4n) is 4.11. The molecular weight excluding hydrogens is 577 g/mol. The van der Waals surface area contributed by atoms with Crippen LogP contribution in [0.25, 0.3) is 10.8 Å². The summed E-state index contributed by atoms with van der Waals surface area (Å²) in [6.07, 6.45) is 5.23. The van der Waals surface area contributed by atoms with Gasteiger partial charge >= 0.3 is 0 Å². The van der Waals surface area contributed by atoms with Crippen molar-refractivity contribution in [3.05, 3.63) is 80.4 Å². The van der Waals surface area contributed by atoms with Gasteiger partial charge in [0.1, 0.15) is 0 Å². The summed E-state index contributed by atoms with van der Waals surface area (Å²) in [7, 11) is 0. The molecule has 0 saturated heterocycles. The topological polar surface area (TPSA) is 161 Å². The Morgan fingerprint density at radius 3 is 1.68 bits per heavy atom. The summed E-state index contributed by atoms with van der Waals surface area (Å²) in [5.74, 6) is -3.86. The number of hydrogen-bond donors (Lipinski definition) is 0. The molecule has 4 rings (SSSR count). The minimum Gasteiger partial charge on any atom is -0.550 e. The molecule has 197 valence electrons. The Kier molecular flexibility index (Phi) is 15.9. The molecule has 0 N–H and O–H groups in total. The van der Waals surface area contributed by atoms with Crippen LogP contribution < -0.4 is 20.4 Å². The van der Waals surface area contributed by atoms with Gasteiger partial charge < -0.3 is 39.6 Å². The number of rotatable bonds is 6. The van der Waals surface area contributed by atoms with E-state index in [1.807, 2.05) is 11.8 Å². The quantitative estimate of drug-likeness (QED) is 0.323. The van der Waals surface area contributed by atoms with Crippen molar-refractivity contribution >= 4 is 46.4 Å². The Morgan fingerprint density at radius 2 is 1.24 bits per heavy atom. The van der Waals surface area contributed by atoms with E-state index < -0.39 is 23.9 Å². The molecule has 37 heavy (non-hydrogen) atoms. The molecule has 2 aliphatic rings.